The fourth-order valence-electron chi connectivity index (χ4n) is 4.44. The number of hydrogen-bond donors (Lipinski definition) is 0. The van der Waals surface area contributed by atoms with Crippen LogP contribution < -0.4 is 9.47 Å². The smallest absolute Gasteiger partial charge is 0.252 e. The lowest BCUT2D eigenvalue weighted by Crippen LogP contribution is -2.00. The molecule has 0 N–H and O–H groups in total. The molecule has 46 heavy (non-hydrogen) atoms. The standard InChI is InChI=1S/C19H16O2S.C11H9BrO.C8H7ClOS/c1-21-17-8-5-14-11-16(4-3-15(14)12-17)19(20)13-6-9-18(22-2)10-7-13;1-13-11-5-3-8-6-10(12)4-2-9(8)7-11;1-11-7-4-2-6(3-5-7)8(9)10/h3-12H,1-2H3;2-7H,1H3;2-5H,1H3. The number of thioether (sulfide) groups is 2. The predicted octanol–water partition coefficient (Wildman–Crippen LogP) is 11.2. The summed E-state index contributed by atoms with van der Waals surface area (Å²) in [6, 6.07) is 38.8. The Morgan fingerprint density at radius 1 is 0.543 bits per heavy atom. The van der Waals surface area contributed by atoms with E-state index < -0.39 is 5.24 Å². The van der Waals surface area contributed by atoms with Crippen LogP contribution in [0.5, 0.6) is 11.5 Å². The molecule has 0 aliphatic heterocycles. The first-order valence-corrected chi connectivity index (χ1v) is 17.7. The fraction of sp³-hybridized carbons (Fsp3) is 0.105. The van der Waals surface area contributed by atoms with Gasteiger partial charge in [-0.2, -0.15) is 0 Å². The Kier molecular flexibility index (Phi) is 13.2. The van der Waals surface area contributed by atoms with Crippen LogP contribution in [-0.2, 0) is 0 Å². The van der Waals surface area contributed by atoms with Crippen molar-refractivity contribution in [2.45, 2.75) is 9.79 Å². The third-order valence-corrected chi connectivity index (χ3v) is 9.19. The Bertz CT molecular complexity index is 1940. The molecule has 0 aromatic heterocycles. The molecule has 0 bridgehead atoms. The molecule has 6 rings (SSSR count). The minimum absolute atomic E-state index is 0.0466. The second kappa shape index (κ2) is 17.2. The van der Waals surface area contributed by atoms with Crippen molar-refractivity contribution < 1.29 is 19.1 Å². The van der Waals surface area contributed by atoms with Gasteiger partial charge >= 0.3 is 0 Å². The van der Waals surface area contributed by atoms with Crippen LogP contribution in [0.1, 0.15) is 26.3 Å². The van der Waals surface area contributed by atoms with Gasteiger partial charge in [-0.3, -0.25) is 9.59 Å². The minimum atomic E-state index is -0.405. The Morgan fingerprint density at radius 2 is 0.957 bits per heavy atom. The van der Waals surface area contributed by atoms with E-state index in [1.54, 1.807) is 49.9 Å². The molecule has 0 heterocycles. The summed E-state index contributed by atoms with van der Waals surface area (Å²) < 4.78 is 11.5. The summed E-state index contributed by atoms with van der Waals surface area (Å²) in [5.74, 6) is 1.76. The van der Waals surface area contributed by atoms with E-state index in [-0.39, 0.29) is 5.78 Å². The van der Waals surface area contributed by atoms with Crippen LogP contribution in [0.15, 0.2) is 136 Å². The maximum absolute atomic E-state index is 12.6. The molecule has 0 fully saturated rings. The van der Waals surface area contributed by atoms with Gasteiger partial charge in [0.15, 0.2) is 5.78 Å². The number of carbonyl (C=O) groups is 2. The van der Waals surface area contributed by atoms with Crippen LogP contribution in [-0.4, -0.2) is 37.8 Å². The van der Waals surface area contributed by atoms with Crippen molar-refractivity contribution in [2.24, 2.45) is 0 Å². The lowest BCUT2D eigenvalue weighted by atomic mass is 10.00. The number of hydrogen-bond acceptors (Lipinski definition) is 6. The van der Waals surface area contributed by atoms with Gasteiger partial charge in [-0.1, -0.05) is 46.3 Å². The quantitative estimate of drug-likeness (QED) is 0.0926. The average Bonchev–Trinajstić information content (AvgIpc) is 3.11. The molecule has 6 aromatic carbocycles. The molecule has 0 spiro atoms. The predicted molar refractivity (Wildman–Crippen MR) is 199 cm³/mol. The van der Waals surface area contributed by atoms with Crippen molar-refractivity contribution in [3.05, 3.63) is 142 Å². The van der Waals surface area contributed by atoms with Gasteiger partial charge in [0.1, 0.15) is 11.5 Å². The van der Waals surface area contributed by atoms with Crippen LogP contribution in [0.25, 0.3) is 21.5 Å². The summed E-state index contributed by atoms with van der Waals surface area (Å²) in [6.45, 7) is 0. The zero-order valence-corrected chi connectivity index (χ0v) is 29.7. The maximum atomic E-state index is 12.6. The van der Waals surface area contributed by atoms with Crippen molar-refractivity contribution >= 4 is 83.6 Å². The van der Waals surface area contributed by atoms with Gasteiger partial charge in [0.25, 0.3) is 5.24 Å². The first-order valence-electron chi connectivity index (χ1n) is 14.1. The SMILES string of the molecule is COc1ccc2cc(Br)ccc2c1.COc1ccc2cc(C(=O)c3ccc(SC)cc3)ccc2c1.CSc1ccc(C(=O)Cl)cc1. The monoisotopic (exact) mass is 730 g/mol. The van der Waals surface area contributed by atoms with E-state index in [1.807, 2.05) is 104 Å². The third kappa shape index (κ3) is 9.63. The van der Waals surface area contributed by atoms with Crippen LogP contribution in [0.2, 0.25) is 0 Å². The molecule has 0 amide bonds. The molecule has 0 unspecified atom stereocenters. The minimum Gasteiger partial charge on any atom is -0.497 e. The van der Waals surface area contributed by atoms with E-state index in [2.05, 4.69) is 34.1 Å². The molecular formula is C38H32BrClO4S2. The van der Waals surface area contributed by atoms with Gasteiger partial charge < -0.3 is 9.47 Å². The number of carbonyl (C=O) groups excluding carboxylic acids is 2. The first kappa shape index (κ1) is 35.1. The molecule has 0 aliphatic rings. The van der Waals surface area contributed by atoms with Crippen molar-refractivity contribution in [2.75, 3.05) is 26.7 Å². The number of rotatable bonds is 7. The van der Waals surface area contributed by atoms with E-state index in [9.17, 15) is 9.59 Å². The number of methoxy groups -OCH3 is 2. The van der Waals surface area contributed by atoms with E-state index in [1.165, 1.54) is 10.8 Å². The summed E-state index contributed by atoms with van der Waals surface area (Å²) in [6.07, 6.45) is 4.01. The zero-order chi connectivity index (χ0) is 33.1. The third-order valence-electron chi connectivity index (χ3n) is 6.99. The molecule has 8 heteroatoms. The topological polar surface area (TPSA) is 52.6 Å². The molecule has 234 valence electrons. The normalized spacial score (nSPS) is 10.3. The van der Waals surface area contributed by atoms with Crippen molar-refractivity contribution in [1.29, 1.82) is 0 Å². The van der Waals surface area contributed by atoms with Crippen LogP contribution in [0, 0.1) is 0 Å². The molecule has 0 saturated carbocycles. The van der Waals surface area contributed by atoms with Crippen LogP contribution in [0.4, 0.5) is 0 Å². The average molecular weight is 732 g/mol. The van der Waals surface area contributed by atoms with E-state index >= 15 is 0 Å². The second-order valence-corrected chi connectivity index (χ2v) is 12.9. The highest BCUT2D eigenvalue weighted by Crippen LogP contribution is 2.25. The summed E-state index contributed by atoms with van der Waals surface area (Å²) in [7, 11) is 3.33. The van der Waals surface area contributed by atoms with Crippen molar-refractivity contribution in [3.8, 4) is 11.5 Å². The van der Waals surface area contributed by atoms with Crippen LogP contribution >= 0.6 is 51.1 Å². The fourth-order valence-corrected chi connectivity index (χ4v) is 5.77. The molecule has 0 radical (unpaired) electrons. The first-order chi connectivity index (χ1) is 22.2. The van der Waals surface area contributed by atoms with Gasteiger partial charge in [-0.05, 0) is 137 Å². The highest BCUT2D eigenvalue weighted by Gasteiger charge is 2.10. The Morgan fingerprint density at radius 3 is 1.43 bits per heavy atom. The van der Waals surface area contributed by atoms with Gasteiger partial charge in [0.2, 0.25) is 0 Å². The van der Waals surface area contributed by atoms with Gasteiger partial charge in [0, 0.05) is 31.0 Å². The number of fused-ring (bicyclic) bond motifs is 2. The summed E-state index contributed by atoms with van der Waals surface area (Å²) >= 11 is 12.0. The number of halogens is 2. The zero-order valence-electron chi connectivity index (χ0n) is 25.8. The molecule has 0 atom stereocenters. The number of benzene rings is 6. The van der Waals surface area contributed by atoms with Crippen LogP contribution in [0.3, 0.4) is 0 Å². The highest BCUT2D eigenvalue weighted by molar-refractivity contribution is 9.10. The number of ketones is 1. The number of ether oxygens (including phenoxy) is 2. The largest absolute Gasteiger partial charge is 0.497 e. The molecule has 4 nitrogen and oxygen atoms in total. The summed E-state index contributed by atoms with van der Waals surface area (Å²) in [4.78, 5) is 25.5. The maximum Gasteiger partial charge on any atom is 0.252 e. The van der Waals surface area contributed by atoms with Gasteiger partial charge in [-0.15, -0.1) is 23.5 Å². The molecule has 0 saturated heterocycles. The lowest BCUT2D eigenvalue weighted by Gasteiger charge is -2.06. The van der Waals surface area contributed by atoms with E-state index in [0.717, 1.165) is 36.5 Å². The Labute approximate surface area is 291 Å². The van der Waals surface area contributed by atoms with Crippen molar-refractivity contribution in [1.82, 2.24) is 0 Å². The van der Waals surface area contributed by atoms with Gasteiger partial charge in [0.05, 0.1) is 14.2 Å². The van der Waals surface area contributed by atoms with E-state index in [4.69, 9.17) is 21.1 Å². The summed E-state index contributed by atoms with van der Waals surface area (Å²) in [5.41, 5.74) is 1.96. The van der Waals surface area contributed by atoms with E-state index in [0.29, 0.717) is 16.7 Å². The Balaban J connectivity index is 0.000000170. The second-order valence-electron chi connectivity index (χ2n) is 9.85. The Hall–Kier alpha value is -3.75. The summed E-state index contributed by atoms with van der Waals surface area (Å²) in [5, 5.41) is 4.11. The van der Waals surface area contributed by atoms with Crippen molar-refractivity contribution in [3.63, 3.8) is 0 Å². The lowest BCUT2D eigenvalue weighted by molar-refractivity contribution is 0.103. The molecule has 6 aromatic rings. The molecule has 0 aliphatic carbocycles. The highest BCUT2D eigenvalue weighted by atomic mass is 79.9. The van der Waals surface area contributed by atoms with Gasteiger partial charge in [-0.25, -0.2) is 0 Å². The molecular weight excluding hydrogens is 700 g/mol.